The largest absolute Gasteiger partial charge is 0.497 e. The van der Waals surface area contributed by atoms with Gasteiger partial charge in [-0.2, -0.15) is 5.26 Å². The Morgan fingerprint density at radius 2 is 1.78 bits per heavy atom. The normalized spacial score (nSPS) is 11.2. The summed E-state index contributed by atoms with van der Waals surface area (Å²) in [4.78, 5) is 36.8. The van der Waals surface area contributed by atoms with Crippen LogP contribution >= 0.6 is 0 Å². The number of carbonyl (C=O) groups excluding carboxylic acids is 2. The van der Waals surface area contributed by atoms with Gasteiger partial charge in [0.05, 0.1) is 7.11 Å². The molecule has 32 heavy (non-hydrogen) atoms. The number of rotatable bonds is 6. The lowest BCUT2D eigenvalue weighted by Crippen LogP contribution is -2.33. The Morgan fingerprint density at radius 3 is 2.41 bits per heavy atom. The Kier molecular flexibility index (Phi) is 6.71. The van der Waals surface area contributed by atoms with E-state index in [2.05, 4.69) is 5.32 Å². The van der Waals surface area contributed by atoms with Crippen LogP contribution in [0.25, 0.3) is 17.0 Å². The summed E-state index contributed by atoms with van der Waals surface area (Å²) >= 11 is 0. The summed E-state index contributed by atoms with van der Waals surface area (Å²) in [5, 5.41) is 12.5. The number of nitriles is 1. The highest BCUT2D eigenvalue weighted by Crippen LogP contribution is 2.22. The molecule has 0 bridgehead atoms. The van der Waals surface area contributed by atoms with Crippen LogP contribution < -0.4 is 20.4 Å². The quantitative estimate of drug-likeness (QED) is 0.208. The molecule has 1 N–H and O–H groups in total. The van der Waals surface area contributed by atoms with Crippen molar-refractivity contribution in [1.82, 2.24) is 5.32 Å². The number of hydrogen-bond acceptors (Lipinski definition) is 7. The first kappa shape index (κ1) is 22.3. The van der Waals surface area contributed by atoms with E-state index in [1.54, 1.807) is 44.2 Å². The maximum absolute atomic E-state index is 12.4. The molecule has 0 aliphatic carbocycles. The van der Waals surface area contributed by atoms with Gasteiger partial charge in [-0.3, -0.25) is 4.79 Å². The zero-order valence-corrected chi connectivity index (χ0v) is 17.7. The molecule has 162 valence electrons. The molecule has 0 aliphatic rings. The van der Waals surface area contributed by atoms with Gasteiger partial charge in [0.1, 0.15) is 34.3 Å². The second-order valence-corrected chi connectivity index (χ2v) is 7.11. The summed E-state index contributed by atoms with van der Waals surface area (Å²) in [6.45, 7) is 3.56. The molecule has 0 radical (unpaired) electrons. The summed E-state index contributed by atoms with van der Waals surface area (Å²) in [5.74, 6) is -0.668. The number of hydrogen-bond donors (Lipinski definition) is 1. The van der Waals surface area contributed by atoms with E-state index in [1.165, 1.54) is 31.4 Å². The minimum atomic E-state index is -0.863. The second-order valence-electron chi connectivity index (χ2n) is 7.11. The van der Waals surface area contributed by atoms with E-state index >= 15 is 0 Å². The van der Waals surface area contributed by atoms with E-state index in [0.717, 1.165) is 0 Å². The zero-order valence-electron chi connectivity index (χ0n) is 17.7. The molecule has 0 saturated heterocycles. The predicted molar refractivity (Wildman–Crippen MR) is 117 cm³/mol. The van der Waals surface area contributed by atoms with Crippen molar-refractivity contribution in [1.29, 1.82) is 5.26 Å². The lowest BCUT2D eigenvalue weighted by atomic mass is 10.1. The number of nitrogens with one attached hydrogen (secondary N) is 1. The maximum Gasteiger partial charge on any atom is 0.354 e. The standard InChI is InChI=1S/C24H20N2O6/c1-14(2)26-22(27)20-11-16-6-9-19(12-21(16)32-24(20)29)31-23(28)17(13-25)10-15-4-7-18(30-3)8-5-15/h4-12,14H,1-3H3,(H,26,27)/b17-10+. The fourth-order valence-electron chi connectivity index (χ4n) is 2.82. The minimum Gasteiger partial charge on any atom is -0.497 e. The summed E-state index contributed by atoms with van der Waals surface area (Å²) in [6.07, 6.45) is 1.39. The van der Waals surface area contributed by atoms with Crippen molar-refractivity contribution in [2.75, 3.05) is 7.11 Å². The molecule has 8 heteroatoms. The maximum atomic E-state index is 12.4. The number of nitrogens with zero attached hydrogens (tertiary/aromatic N) is 1. The van der Waals surface area contributed by atoms with Crippen molar-refractivity contribution in [3.8, 4) is 17.6 Å². The SMILES string of the molecule is COc1ccc(/C=C(\C#N)C(=O)Oc2ccc3cc(C(=O)NC(C)C)c(=O)oc3c2)cc1. The number of benzene rings is 2. The first-order valence-corrected chi connectivity index (χ1v) is 9.67. The Labute approximate surface area is 183 Å². The topological polar surface area (TPSA) is 119 Å². The molecule has 0 saturated carbocycles. The molecule has 8 nitrogen and oxygen atoms in total. The first-order chi connectivity index (χ1) is 15.3. The molecule has 3 rings (SSSR count). The van der Waals surface area contributed by atoms with E-state index in [0.29, 0.717) is 16.7 Å². The van der Waals surface area contributed by atoms with Crippen LogP contribution in [0.2, 0.25) is 0 Å². The highest BCUT2D eigenvalue weighted by atomic mass is 16.5. The third-order valence-electron chi connectivity index (χ3n) is 4.35. The Balaban J connectivity index is 1.83. The van der Waals surface area contributed by atoms with Gasteiger partial charge in [0.2, 0.25) is 0 Å². The van der Waals surface area contributed by atoms with E-state index in [9.17, 15) is 19.6 Å². The van der Waals surface area contributed by atoms with Crippen molar-refractivity contribution < 1.29 is 23.5 Å². The van der Waals surface area contributed by atoms with Gasteiger partial charge in [-0.25, -0.2) is 9.59 Å². The zero-order chi connectivity index (χ0) is 23.3. The van der Waals surface area contributed by atoms with Gasteiger partial charge < -0.3 is 19.2 Å². The van der Waals surface area contributed by atoms with Crippen molar-refractivity contribution in [3.63, 3.8) is 0 Å². The molecule has 0 atom stereocenters. The Bertz CT molecular complexity index is 1300. The third-order valence-corrected chi connectivity index (χ3v) is 4.35. The number of methoxy groups -OCH3 is 1. The minimum absolute atomic E-state index is 0.0842. The molecule has 0 spiro atoms. The average Bonchev–Trinajstić information content (AvgIpc) is 2.76. The molecular weight excluding hydrogens is 412 g/mol. The molecule has 1 amide bonds. The highest BCUT2D eigenvalue weighted by molar-refractivity contribution is 6.00. The second kappa shape index (κ2) is 9.62. The van der Waals surface area contributed by atoms with Crippen LogP contribution in [0.15, 0.2) is 63.3 Å². The lowest BCUT2D eigenvalue weighted by Gasteiger charge is -2.08. The van der Waals surface area contributed by atoms with Crippen LogP contribution in [0.5, 0.6) is 11.5 Å². The van der Waals surface area contributed by atoms with Gasteiger partial charge in [-0.15, -0.1) is 0 Å². The fraction of sp³-hybridized carbons (Fsp3) is 0.167. The van der Waals surface area contributed by atoms with Gasteiger partial charge in [0, 0.05) is 17.5 Å². The van der Waals surface area contributed by atoms with Crippen LogP contribution in [0.1, 0.15) is 29.8 Å². The van der Waals surface area contributed by atoms with Gasteiger partial charge in [-0.1, -0.05) is 12.1 Å². The van der Waals surface area contributed by atoms with Crippen LogP contribution in [0.4, 0.5) is 0 Å². The monoisotopic (exact) mass is 432 g/mol. The molecule has 1 heterocycles. The smallest absolute Gasteiger partial charge is 0.354 e. The van der Waals surface area contributed by atoms with Crippen molar-refractivity contribution >= 4 is 28.9 Å². The number of fused-ring (bicyclic) bond motifs is 1. The summed E-state index contributed by atoms with van der Waals surface area (Å²) in [5.41, 5.74) is -0.381. The number of ether oxygens (including phenoxy) is 2. The Hall–Kier alpha value is -4.38. The van der Waals surface area contributed by atoms with E-state index in [1.807, 2.05) is 6.07 Å². The van der Waals surface area contributed by atoms with E-state index in [4.69, 9.17) is 13.9 Å². The van der Waals surface area contributed by atoms with Crippen molar-refractivity contribution in [2.45, 2.75) is 19.9 Å². The average molecular weight is 432 g/mol. The summed E-state index contributed by atoms with van der Waals surface area (Å²) in [7, 11) is 1.54. The van der Waals surface area contributed by atoms with Gasteiger partial charge in [0.15, 0.2) is 0 Å². The van der Waals surface area contributed by atoms with Crippen LogP contribution in [-0.2, 0) is 4.79 Å². The predicted octanol–water partition coefficient (Wildman–Crippen LogP) is 3.45. The molecular formula is C24H20N2O6. The molecule has 3 aromatic rings. The molecule has 0 fully saturated rings. The highest BCUT2D eigenvalue weighted by Gasteiger charge is 2.16. The first-order valence-electron chi connectivity index (χ1n) is 9.67. The molecule has 0 unspecified atom stereocenters. The lowest BCUT2D eigenvalue weighted by molar-refractivity contribution is -0.129. The van der Waals surface area contributed by atoms with E-state index < -0.39 is 17.5 Å². The van der Waals surface area contributed by atoms with Crippen LogP contribution in [-0.4, -0.2) is 25.0 Å². The Morgan fingerprint density at radius 1 is 1.09 bits per heavy atom. The molecule has 2 aromatic carbocycles. The van der Waals surface area contributed by atoms with E-state index in [-0.39, 0.29) is 28.5 Å². The number of esters is 1. The summed E-state index contributed by atoms with van der Waals surface area (Å²) < 4.78 is 15.6. The third kappa shape index (κ3) is 5.21. The fourth-order valence-corrected chi connectivity index (χ4v) is 2.82. The molecule has 1 aromatic heterocycles. The van der Waals surface area contributed by atoms with Gasteiger partial charge >= 0.3 is 11.6 Å². The summed E-state index contributed by atoms with van der Waals surface area (Å²) in [6, 6.07) is 14.3. The van der Waals surface area contributed by atoms with Gasteiger partial charge in [0.25, 0.3) is 5.91 Å². The van der Waals surface area contributed by atoms with Crippen LogP contribution in [0.3, 0.4) is 0 Å². The van der Waals surface area contributed by atoms with Crippen LogP contribution in [0, 0.1) is 11.3 Å². The molecule has 0 aliphatic heterocycles. The van der Waals surface area contributed by atoms with Crippen molar-refractivity contribution in [3.05, 3.63) is 75.7 Å². The number of amides is 1. The van der Waals surface area contributed by atoms with Crippen molar-refractivity contribution in [2.24, 2.45) is 0 Å². The number of carbonyl (C=O) groups is 2. The van der Waals surface area contributed by atoms with Gasteiger partial charge in [-0.05, 0) is 55.8 Å².